The number of rotatable bonds is 5. The quantitative estimate of drug-likeness (QED) is 0.791. The first-order valence-corrected chi connectivity index (χ1v) is 7.35. The van der Waals surface area contributed by atoms with Crippen LogP contribution in [0.4, 0.5) is 11.4 Å². The third-order valence-corrected chi connectivity index (χ3v) is 3.91. The third kappa shape index (κ3) is 4.05. The maximum Gasteiger partial charge on any atom is 0.123 e. The molecule has 1 fully saturated rings. The van der Waals surface area contributed by atoms with E-state index in [4.69, 9.17) is 10.5 Å². The smallest absolute Gasteiger partial charge is 0.123 e. The summed E-state index contributed by atoms with van der Waals surface area (Å²) in [4.78, 5) is 0. The summed E-state index contributed by atoms with van der Waals surface area (Å²) in [6.45, 7) is 7.44. The van der Waals surface area contributed by atoms with Gasteiger partial charge in [0, 0.05) is 30.1 Å². The predicted octanol–water partition coefficient (Wildman–Crippen LogP) is 3.90. The van der Waals surface area contributed by atoms with Crippen LogP contribution in [0.25, 0.3) is 0 Å². The van der Waals surface area contributed by atoms with Crippen LogP contribution in [0.2, 0.25) is 0 Å². The molecule has 1 aliphatic carbocycles. The van der Waals surface area contributed by atoms with Gasteiger partial charge in [0.2, 0.25) is 0 Å². The number of nitrogen functional groups attached to an aromatic ring is 1. The SMILES string of the molecule is CC(C)Oc1cc(N)cc(NCC2CCCC2C)c1. The maximum atomic E-state index is 5.93. The fourth-order valence-corrected chi connectivity index (χ4v) is 2.84. The van der Waals surface area contributed by atoms with Crippen molar-refractivity contribution in [3.8, 4) is 5.75 Å². The van der Waals surface area contributed by atoms with Crippen LogP contribution in [0, 0.1) is 11.8 Å². The van der Waals surface area contributed by atoms with E-state index in [-0.39, 0.29) is 6.10 Å². The van der Waals surface area contributed by atoms with Crippen LogP contribution in [0.15, 0.2) is 18.2 Å². The van der Waals surface area contributed by atoms with Crippen LogP contribution >= 0.6 is 0 Å². The summed E-state index contributed by atoms with van der Waals surface area (Å²) in [5, 5.41) is 3.51. The molecule has 3 N–H and O–H groups in total. The lowest BCUT2D eigenvalue weighted by atomic mass is 9.98. The zero-order chi connectivity index (χ0) is 13.8. The van der Waals surface area contributed by atoms with E-state index in [2.05, 4.69) is 12.2 Å². The molecular weight excluding hydrogens is 236 g/mol. The maximum absolute atomic E-state index is 5.93. The number of nitrogens with two attached hydrogens (primary N) is 1. The van der Waals surface area contributed by atoms with Crippen molar-refractivity contribution in [1.82, 2.24) is 0 Å². The average Bonchev–Trinajstić information content (AvgIpc) is 2.70. The van der Waals surface area contributed by atoms with Gasteiger partial charge in [-0.1, -0.05) is 19.8 Å². The van der Waals surface area contributed by atoms with Gasteiger partial charge in [0.05, 0.1) is 6.10 Å². The van der Waals surface area contributed by atoms with Crippen LogP contribution in [-0.2, 0) is 0 Å². The van der Waals surface area contributed by atoms with E-state index in [1.807, 2.05) is 32.0 Å². The fourth-order valence-electron chi connectivity index (χ4n) is 2.84. The van der Waals surface area contributed by atoms with Gasteiger partial charge in [-0.2, -0.15) is 0 Å². The molecule has 0 radical (unpaired) electrons. The molecule has 2 atom stereocenters. The van der Waals surface area contributed by atoms with Gasteiger partial charge in [0.1, 0.15) is 5.75 Å². The average molecular weight is 262 g/mol. The molecule has 1 aromatic carbocycles. The van der Waals surface area contributed by atoms with Gasteiger partial charge in [-0.05, 0) is 38.2 Å². The number of ether oxygens (including phenoxy) is 1. The third-order valence-electron chi connectivity index (χ3n) is 3.91. The molecular formula is C16H26N2O. The molecule has 1 saturated carbocycles. The second kappa shape index (κ2) is 6.18. The lowest BCUT2D eigenvalue weighted by Gasteiger charge is -2.18. The van der Waals surface area contributed by atoms with E-state index in [0.717, 1.165) is 35.5 Å². The highest BCUT2D eigenvalue weighted by Gasteiger charge is 2.22. The number of hydrogen-bond acceptors (Lipinski definition) is 3. The summed E-state index contributed by atoms with van der Waals surface area (Å²) in [5.74, 6) is 2.47. The molecule has 2 rings (SSSR count). The highest BCUT2D eigenvalue weighted by molar-refractivity contribution is 5.59. The first kappa shape index (κ1) is 14.0. The minimum absolute atomic E-state index is 0.171. The van der Waals surface area contributed by atoms with E-state index >= 15 is 0 Å². The number of hydrogen-bond donors (Lipinski definition) is 2. The van der Waals surface area contributed by atoms with Crippen molar-refractivity contribution in [2.24, 2.45) is 11.8 Å². The Morgan fingerprint density at radius 1 is 1.32 bits per heavy atom. The zero-order valence-electron chi connectivity index (χ0n) is 12.3. The molecule has 106 valence electrons. The Morgan fingerprint density at radius 3 is 2.74 bits per heavy atom. The van der Waals surface area contributed by atoms with Crippen molar-refractivity contribution in [2.75, 3.05) is 17.6 Å². The van der Waals surface area contributed by atoms with Crippen molar-refractivity contribution in [2.45, 2.75) is 46.1 Å². The highest BCUT2D eigenvalue weighted by atomic mass is 16.5. The van der Waals surface area contributed by atoms with Gasteiger partial charge >= 0.3 is 0 Å². The Balaban J connectivity index is 1.97. The van der Waals surface area contributed by atoms with Gasteiger partial charge in [-0.3, -0.25) is 0 Å². The molecule has 1 aliphatic rings. The monoisotopic (exact) mass is 262 g/mol. The number of nitrogens with one attached hydrogen (secondary N) is 1. The van der Waals surface area contributed by atoms with Crippen molar-refractivity contribution < 1.29 is 4.74 Å². The lowest BCUT2D eigenvalue weighted by molar-refractivity contribution is 0.242. The Bertz CT molecular complexity index is 417. The van der Waals surface area contributed by atoms with Gasteiger partial charge in [0.15, 0.2) is 0 Å². The molecule has 0 aromatic heterocycles. The first-order valence-electron chi connectivity index (χ1n) is 7.35. The fraction of sp³-hybridized carbons (Fsp3) is 0.625. The Kier molecular flexibility index (Phi) is 4.56. The standard InChI is InChI=1S/C16H26N2O/c1-11(2)19-16-8-14(17)7-15(9-16)18-10-13-6-4-5-12(13)3/h7-9,11-13,18H,4-6,10,17H2,1-3H3. The highest BCUT2D eigenvalue weighted by Crippen LogP contribution is 2.32. The van der Waals surface area contributed by atoms with Crippen LogP contribution < -0.4 is 15.8 Å². The van der Waals surface area contributed by atoms with Gasteiger partial charge < -0.3 is 15.8 Å². The topological polar surface area (TPSA) is 47.3 Å². The van der Waals surface area contributed by atoms with Crippen molar-refractivity contribution in [3.05, 3.63) is 18.2 Å². The zero-order valence-corrected chi connectivity index (χ0v) is 12.3. The van der Waals surface area contributed by atoms with Crippen LogP contribution in [0.5, 0.6) is 5.75 Å². The van der Waals surface area contributed by atoms with Crippen LogP contribution in [0.1, 0.15) is 40.0 Å². The predicted molar refractivity (Wildman–Crippen MR) is 81.6 cm³/mol. The first-order chi connectivity index (χ1) is 9.04. The minimum atomic E-state index is 0.171. The Hall–Kier alpha value is -1.38. The van der Waals surface area contributed by atoms with E-state index in [1.54, 1.807) is 0 Å². The summed E-state index contributed by atoms with van der Waals surface area (Å²) in [7, 11) is 0. The molecule has 2 unspecified atom stereocenters. The summed E-state index contributed by atoms with van der Waals surface area (Å²) in [6, 6.07) is 5.89. The molecule has 1 aromatic rings. The van der Waals surface area contributed by atoms with Crippen LogP contribution in [0.3, 0.4) is 0 Å². The minimum Gasteiger partial charge on any atom is -0.491 e. The molecule has 0 aliphatic heterocycles. The number of benzene rings is 1. The second-order valence-corrected chi connectivity index (χ2v) is 6.01. The van der Waals surface area contributed by atoms with Crippen molar-refractivity contribution in [3.63, 3.8) is 0 Å². The van der Waals surface area contributed by atoms with E-state index < -0.39 is 0 Å². The largest absolute Gasteiger partial charge is 0.491 e. The summed E-state index contributed by atoms with van der Waals surface area (Å²) < 4.78 is 5.71. The molecule has 0 bridgehead atoms. The Labute approximate surface area is 116 Å². The number of anilines is 2. The summed E-state index contributed by atoms with van der Waals surface area (Å²) in [5.41, 5.74) is 7.74. The molecule has 19 heavy (non-hydrogen) atoms. The van der Waals surface area contributed by atoms with Crippen molar-refractivity contribution >= 4 is 11.4 Å². The Morgan fingerprint density at radius 2 is 2.11 bits per heavy atom. The summed E-state index contributed by atoms with van der Waals surface area (Å²) in [6.07, 6.45) is 4.24. The van der Waals surface area contributed by atoms with Gasteiger partial charge in [-0.25, -0.2) is 0 Å². The molecule has 0 heterocycles. The molecule has 0 spiro atoms. The van der Waals surface area contributed by atoms with E-state index in [9.17, 15) is 0 Å². The molecule has 3 heteroatoms. The molecule has 3 nitrogen and oxygen atoms in total. The van der Waals surface area contributed by atoms with E-state index in [0.29, 0.717) is 0 Å². The summed E-state index contributed by atoms with van der Waals surface area (Å²) >= 11 is 0. The van der Waals surface area contributed by atoms with Crippen molar-refractivity contribution in [1.29, 1.82) is 0 Å². The second-order valence-electron chi connectivity index (χ2n) is 6.01. The normalized spacial score (nSPS) is 22.7. The van der Waals surface area contributed by atoms with Crippen LogP contribution in [-0.4, -0.2) is 12.6 Å². The van der Waals surface area contributed by atoms with E-state index in [1.165, 1.54) is 19.3 Å². The lowest BCUT2D eigenvalue weighted by Crippen LogP contribution is -2.16. The molecule has 0 amide bonds. The molecule has 0 saturated heterocycles. The van der Waals surface area contributed by atoms with Gasteiger partial charge in [-0.15, -0.1) is 0 Å². The van der Waals surface area contributed by atoms with Gasteiger partial charge in [0.25, 0.3) is 0 Å².